The van der Waals surface area contributed by atoms with Gasteiger partial charge in [-0.15, -0.1) is 0 Å². The van der Waals surface area contributed by atoms with E-state index in [9.17, 15) is 0 Å². The first-order valence-electron chi connectivity index (χ1n) is 5.87. The molecule has 1 rings (SSSR count). The summed E-state index contributed by atoms with van der Waals surface area (Å²) in [7, 11) is -2.59. The van der Waals surface area contributed by atoms with Gasteiger partial charge in [-0.05, 0) is 32.9 Å². The van der Waals surface area contributed by atoms with Crippen molar-refractivity contribution >= 4 is 13.4 Å². The molecule has 0 N–H and O–H groups in total. The van der Waals surface area contributed by atoms with Crippen molar-refractivity contribution in [1.29, 1.82) is 0 Å². The Bertz CT molecular complexity index is 343. The molecule has 0 unspecified atom stereocenters. The molecule has 0 fully saturated rings. The Morgan fingerprint density at radius 3 is 1.76 bits per heavy atom. The molecule has 4 nitrogen and oxygen atoms in total. The van der Waals surface area contributed by atoms with Crippen LogP contribution < -0.4 is 0 Å². The van der Waals surface area contributed by atoms with Crippen LogP contribution in [0.5, 0.6) is 0 Å². The monoisotopic (exact) mass is 257 g/mol. The van der Waals surface area contributed by atoms with E-state index in [2.05, 4.69) is 4.74 Å². The fourth-order valence-corrected chi connectivity index (χ4v) is 3.12. The predicted octanol–water partition coefficient (Wildman–Crippen LogP) is 4.37. The van der Waals surface area contributed by atoms with Gasteiger partial charge in [-0.25, -0.2) is 0 Å². The number of nitrogens with zero attached hydrogens (tertiary/aromatic N) is 1. The molecule has 0 amide bonds. The highest BCUT2D eigenvalue weighted by atomic mass is 31.2. The van der Waals surface area contributed by atoms with Crippen LogP contribution in [0.3, 0.4) is 0 Å². The predicted molar refractivity (Wildman–Crippen MR) is 70.3 cm³/mol. The summed E-state index contributed by atoms with van der Waals surface area (Å²) in [5.74, 6) is 0. The number of hydrogen-bond donors (Lipinski definition) is 0. The van der Waals surface area contributed by atoms with Crippen LogP contribution in [-0.4, -0.2) is 19.8 Å². The summed E-state index contributed by atoms with van der Waals surface area (Å²) in [4.78, 5) is 0. The second-order valence-corrected chi connectivity index (χ2v) is 5.07. The fraction of sp³-hybridized carbons (Fsp3) is 0.500. The van der Waals surface area contributed by atoms with Crippen molar-refractivity contribution < 1.29 is 13.6 Å². The lowest BCUT2D eigenvalue weighted by atomic mass is 10.3. The third kappa shape index (κ3) is 4.60. The molecule has 1 aromatic rings. The van der Waals surface area contributed by atoms with Crippen molar-refractivity contribution in [2.45, 2.75) is 20.8 Å². The Morgan fingerprint density at radius 1 is 0.882 bits per heavy atom. The first-order valence-corrected chi connectivity index (χ1v) is 7.36. The molecule has 0 bridgehead atoms. The quantitative estimate of drug-likeness (QED) is 0.681. The first-order chi connectivity index (χ1) is 8.26. The molecule has 0 atom stereocenters. The minimum atomic E-state index is -2.59. The zero-order valence-electron chi connectivity index (χ0n) is 10.6. The average Bonchev–Trinajstić information content (AvgIpc) is 2.31. The van der Waals surface area contributed by atoms with Crippen LogP contribution >= 0.6 is 7.74 Å². The summed E-state index contributed by atoms with van der Waals surface area (Å²) in [5.41, 5.74) is 0.816. The summed E-state index contributed by atoms with van der Waals surface area (Å²) in [6, 6.07) is 9.62. The maximum Gasteiger partial charge on any atom is 0.360 e. The van der Waals surface area contributed by atoms with Crippen LogP contribution in [0.4, 0.5) is 5.69 Å². The lowest BCUT2D eigenvalue weighted by Crippen LogP contribution is -2.00. The topological polar surface area (TPSA) is 40.0 Å². The Morgan fingerprint density at radius 2 is 1.35 bits per heavy atom. The highest BCUT2D eigenvalue weighted by Crippen LogP contribution is 2.55. The van der Waals surface area contributed by atoms with Crippen molar-refractivity contribution in [2.75, 3.05) is 19.8 Å². The van der Waals surface area contributed by atoms with E-state index in [0.717, 1.165) is 5.69 Å². The zero-order chi connectivity index (χ0) is 12.6. The Hall–Kier alpha value is -0.670. The largest absolute Gasteiger partial charge is 0.360 e. The molecular formula is C12H20NO3P. The van der Waals surface area contributed by atoms with E-state index in [0.29, 0.717) is 19.8 Å². The number of rotatable bonds is 7. The summed E-state index contributed by atoms with van der Waals surface area (Å²) < 4.78 is 21.3. The fourth-order valence-electron chi connectivity index (χ4n) is 1.32. The normalized spacial score (nSPS) is 11.5. The molecule has 0 aliphatic heterocycles. The summed E-state index contributed by atoms with van der Waals surface area (Å²) in [5, 5.41) is 0. The third-order valence-corrected chi connectivity index (χ3v) is 4.10. The molecule has 0 spiro atoms. The van der Waals surface area contributed by atoms with E-state index in [1.54, 1.807) is 0 Å². The van der Waals surface area contributed by atoms with Gasteiger partial charge in [0.15, 0.2) is 0 Å². The van der Waals surface area contributed by atoms with Gasteiger partial charge in [0, 0.05) is 0 Å². The Labute approximate surface area is 103 Å². The molecule has 1 aromatic carbocycles. The lowest BCUT2D eigenvalue weighted by molar-refractivity contribution is 0.163. The highest BCUT2D eigenvalue weighted by molar-refractivity contribution is 7.51. The van der Waals surface area contributed by atoms with E-state index < -0.39 is 7.74 Å². The lowest BCUT2D eigenvalue weighted by Gasteiger charge is -2.21. The van der Waals surface area contributed by atoms with Gasteiger partial charge in [0.1, 0.15) is 0 Å². The molecule has 0 saturated carbocycles. The third-order valence-electron chi connectivity index (χ3n) is 1.87. The van der Waals surface area contributed by atoms with Gasteiger partial charge in [0.2, 0.25) is 0 Å². The SMILES string of the molecule is CCOP(=Nc1ccccc1)(OCC)OCC. The van der Waals surface area contributed by atoms with Crippen molar-refractivity contribution in [3.05, 3.63) is 30.3 Å². The summed E-state index contributed by atoms with van der Waals surface area (Å²) in [6.07, 6.45) is 0. The van der Waals surface area contributed by atoms with E-state index >= 15 is 0 Å². The van der Waals surface area contributed by atoms with Crippen LogP contribution in [0.15, 0.2) is 35.1 Å². The average molecular weight is 257 g/mol. The molecule has 96 valence electrons. The van der Waals surface area contributed by atoms with Crippen molar-refractivity contribution in [3.8, 4) is 0 Å². The zero-order valence-corrected chi connectivity index (χ0v) is 11.5. The van der Waals surface area contributed by atoms with Crippen LogP contribution in [0, 0.1) is 0 Å². The van der Waals surface area contributed by atoms with Gasteiger partial charge in [-0.2, -0.15) is 4.74 Å². The minimum absolute atomic E-state index is 0.518. The van der Waals surface area contributed by atoms with Crippen LogP contribution in [0.2, 0.25) is 0 Å². The van der Waals surface area contributed by atoms with Gasteiger partial charge in [0.25, 0.3) is 0 Å². The molecule has 0 radical (unpaired) electrons. The Balaban J connectivity index is 3.05. The second kappa shape index (κ2) is 7.62. The van der Waals surface area contributed by atoms with Crippen molar-refractivity contribution in [3.63, 3.8) is 0 Å². The molecule has 0 saturated heterocycles. The summed E-state index contributed by atoms with van der Waals surface area (Å²) in [6.45, 7) is 7.28. The van der Waals surface area contributed by atoms with Crippen molar-refractivity contribution in [2.24, 2.45) is 4.74 Å². The van der Waals surface area contributed by atoms with Gasteiger partial charge in [-0.3, -0.25) is 0 Å². The van der Waals surface area contributed by atoms with Gasteiger partial charge >= 0.3 is 7.74 Å². The van der Waals surface area contributed by atoms with Gasteiger partial charge in [0.05, 0.1) is 25.5 Å². The van der Waals surface area contributed by atoms with Crippen LogP contribution in [-0.2, 0) is 13.6 Å². The molecule has 0 aromatic heterocycles. The molecular weight excluding hydrogens is 237 g/mol. The second-order valence-electron chi connectivity index (χ2n) is 3.16. The number of benzene rings is 1. The minimum Gasteiger partial charge on any atom is -0.303 e. The first kappa shape index (κ1) is 14.4. The van der Waals surface area contributed by atoms with E-state index in [1.165, 1.54) is 0 Å². The maximum absolute atomic E-state index is 5.61. The van der Waals surface area contributed by atoms with Crippen LogP contribution in [0.25, 0.3) is 0 Å². The maximum atomic E-state index is 5.61. The van der Waals surface area contributed by atoms with E-state index in [-0.39, 0.29) is 0 Å². The standard InChI is InChI=1S/C12H20NO3P/c1-4-14-17(15-5-2,16-6-3)13-12-10-8-7-9-11-12/h7-11H,4-6H2,1-3H3. The molecule has 17 heavy (non-hydrogen) atoms. The van der Waals surface area contributed by atoms with Crippen molar-refractivity contribution in [1.82, 2.24) is 0 Å². The van der Waals surface area contributed by atoms with Crippen LogP contribution in [0.1, 0.15) is 20.8 Å². The van der Waals surface area contributed by atoms with Gasteiger partial charge in [-0.1, -0.05) is 18.2 Å². The van der Waals surface area contributed by atoms with E-state index in [1.807, 2.05) is 51.1 Å². The smallest absolute Gasteiger partial charge is 0.303 e. The molecule has 5 heteroatoms. The molecule has 0 aliphatic carbocycles. The Kier molecular flexibility index (Phi) is 6.45. The molecule has 0 aliphatic rings. The molecule has 0 heterocycles. The summed E-state index contributed by atoms with van der Waals surface area (Å²) >= 11 is 0. The van der Waals surface area contributed by atoms with Gasteiger partial charge < -0.3 is 13.6 Å². The highest BCUT2D eigenvalue weighted by Gasteiger charge is 2.22. The number of hydrogen-bond acceptors (Lipinski definition) is 4. The van der Waals surface area contributed by atoms with E-state index in [4.69, 9.17) is 13.6 Å².